The summed E-state index contributed by atoms with van der Waals surface area (Å²) in [4.78, 5) is 4.82. The minimum Gasteiger partial charge on any atom is -0.367 e. The van der Waals surface area contributed by atoms with Crippen LogP contribution in [0, 0.1) is 0 Å². The normalized spacial score (nSPS) is 15.1. The number of anilines is 1. The smallest absolute Gasteiger partial charge is 0.200 e. The van der Waals surface area contributed by atoms with Gasteiger partial charge in [-0.3, -0.25) is 4.90 Å². The van der Waals surface area contributed by atoms with Crippen molar-refractivity contribution < 1.29 is 0 Å². The second-order valence-corrected chi connectivity index (χ2v) is 7.82. The highest BCUT2D eigenvalue weighted by molar-refractivity contribution is 5.68. The third-order valence-corrected chi connectivity index (χ3v) is 5.39. The number of hydrogen-bond donors (Lipinski definition) is 0. The average Bonchev–Trinajstić information content (AvgIpc) is 3.33. The summed E-state index contributed by atoms with van der Waals surface area (Å²) < 4.78 is 1.79. The van der Waals surface area contributed by atoms with Crippen molar-refractivity contribution in [3.8, 4) is 0 Å². The predicted molar refractivity (Wildman–Crippen MR) is 108 cm³/mol. The van der Waals surface area contributed by atoms with Gasteiger partial charge in [-0.05, 0) is 49.0 Å². The molecule has 6 nitrogen and oxygen atoms in total. The van der Waals surface area contributed by atoms with Crippen LogP contribution in [0.2, 0.25) is 0 Å². The molecule has 4 rings (SSSR count). The molecule has 0 N–H and O–H groups in total. The Morgan fingerprint density at radius 3 is 2.59 bits per heavy atom. The molecule has 0 bridgehead atoms. The molecule has 0 saturated carbocycles. The molecular formula is C21H28N6. The molecule has 1 saturated heterocycles. The van der Waals surface area contributed by atoms with Gasteiger partial charge in [0.15, 0.2) is 0 Å². The minimum atomic E-state index is 0.353. The standard InChI is InChI=1S/C21H28N6/c1-16(2)19-12-20(21-23-22-15-27(21)24-19)25(3)13-17-8-4-5-9-18(17)14-26-10-6-7-11-26/h4-5,8-9,12,15-16H,6-7,10-11,13-14H2,1-3H3. The topological polar surface area (TPSA) is 49.6 Å². The van der Waals surface area contributed by atoms with Crippen LogP contribution in [0.5, 0.6) is 0 Å². The maximum Gasteiger partial charge on any atom is 0.200 e. The molecule has 3 aromatic rings. The number of benzene rings is 1. The van der Waals surface area contributed by atoms with Gasteiger partial charge in [0, 0.05) is 20.1 Å². The molecule has 3 heterocycles. The molecule has 6 heteroatoms. The monoisotopic (exact) mass is 364 g/mol. The molecule has 1 aliphatic heterocycles. The van der Waals surface area contributed by atoms with Gasteiger partial charge in [0.25, 0.3) is 0 Å². The van der Waals surface area contributed by atoms with Gasteiger partial charge in [0.2, 0.25) is 5.65 Å². The van der Waals surface area contributed by atoms with Crippen molar-refractivity contribution in [1.29, 1.82) is 0 Å². The van der Waals surface area contributed by atoms with Gasteiger partial charge in [0.05, 0.1) is 11.4 Å². The molecule has 0 spiro atoms. The van der Waals surface area contributed by atoms with Gasteiger partial charge >= 0.3 is 0 Å². The molecule has 0 aliphatic carbocycles. The Morgan fingerprint density at radius 1 is 1.11 bits per heavy atom. The van der Waals surface area contributed by atoms with Crippen LogP contribution < -0.4 is 4.90 Å². The van der Waals surface area contributed by atoms with Gasteiger partial charge in [-0.15, -0.1) is 10.2 Å². The summed E-state index contributed by atoms with van der Waals surface area (Å²) >= 11 is 0. The number of nitrogens with zero attached hydrogens (tertiary/aromatic N) is 6. The van der Waals surface area contributed by atoms with Crippen molar-refractivity contribution in [2.45, 2.75) is 45.7 Å². The second kappa shape index (κ2) is 7.64. The molecule has 1 aromatic carbocycles. The number of fused-ring (bicyclic) bond motifs is 1. The maximum absolute atomic E-state index is 4.63. The number of aromatic nitrogens is 4. The first-order valence-corrected chi connectivity index (χ1v) is 9.83. The Balaban J connectivity index is 1.62. The Bertz CT molecular complexity index is 910. The van der Waals surface area contributed by atoms with E-state index in [0.29, 0.717) is 5.92 Å². The fraction of sp³-hybridized carbons (Fsp3) is 0.476. The summed E-state index contributed by atoms with van der Waals surface area (Å²) in [6, 6.07) is 10.9. The van der Waals surface area contributed by atoms with E-state index >= 15 is 0 Å². The lowest BCUT2D eigenvalue weighted by molar-refractivity contribution is 0.330. The van der Waals surface area contributed by atoms with Crippen LogP contribution in [0.15, 0.2) is 36.7 Å². The number of likely N-dealkylation sites (tertiary alicyclic amines) is 1. The van der Waals surface area contributed by atoms with E-state index in [9.17, 15) is 0 Å². The molecule has 27 heavy (non-hydrogen) atoms. The fourth-order valence-electron chi connectivity index (χ4n) is 3.78. The fourth-order valence-corrected chi connectivity index (χ4v) is 3.78. The summed E-state index contributed by atoms with van der Waals surface area (Å²) in [5.41, 5.74) is 5.71. The van der Waals surface area contributed by atoms with Crippen molar-refractivity contribution in [1.82, 2.24) is 24.7 Å². The van der Waals surface area contributed by atoms with Crippen molar-refractivity contribution >= 4 is 11.3 Å². The zero-order valence-electron chi connectivity index (χ0n) is 16.5. The Hall–Kier alpha value is -2.47. The van der Waals surface area contributed by atoms with Crippen LogP contribution in [0.3, 0.4) is 0 Å². The van der Waals surface area contributed by atoms with Gasteiger partial charge in [-0.25, -0.2) is 0 Å². The lowest BCUT2D eigenvalue weighted by Crippen LogP contribution is -2.22. The van der Waals surface area contributed by atoms with Crippen LogP contribution in [0.25, 0.3) is 5.65 Å². The first-order chi connectivity index (χ1) is 13.1. The SMILES string of the molecule is CC(C)c1cc(N(C)Cc2ccccc2CN2CCCC2)c2nncn2n1. The lowest BCUT2D eigenvalue weighted by Gasteiger charge is -2.24. The number of hydrogen-bond acceptors (Lipinski definition) is 5. The van der Waals surface area contributed by atoms with Crippen molar-refractivity contribution in [3.05, 3.63) is 53.5 Å². The van der Waals surface area contributed by atoms with Gasteiger partial charge in [0.1, 0.15) is 6.33 Å². The van der Waals surface area contributed by atoms with Crippen LogP contribution in [-0.4, -0.2) is 44.8 Å². The van der Waals surface area contributed by atoms with Crippen molar-refractivity contribution in [3.63, 3.8) is 0 Å². The van der Waals surface area contributed by atoms with E-state index in [1.165, 1.54) is 37.1 Å². The van der Waals surface area contributed by atoms with Crippen LogP contribution in [-0.2, 0) is 13.1 Å². The molecular weight excluding hydrogens is 336 g/mol. The molecule has 0 radical (unpaired) electrons. The largest absolute Gasteiger partial charge is 0.367 e. The van der Waals surface area contributed by atoms with Crippen molar-refractivity contribution in [2.24, 2.45) is 0 Å². The molecule has 0 amide bonds. The van der Waals surface area contributed by atoms with E-state index in [0.717, 1.165) is 30.1 Å². The summed E-state index contributed by atoms with van der Waals surface area (Å²) in [6.07, 6.45) is 4.32. The molecule has 1 aliphatic rings. The predicted octanol–water partition coefficient (Wildman–Crippen LogP) is 3.48. The summed E-state index contributed by atoms with van der Waals surface area (Å²) in [6.45, 7) is 8.63. The summed E-state index contributed by atoms with van der Waals surface area (Å²) in [7, 11) is 2.13. The zero-order chi connectivity index (χ0) is 18.8. The first kappa shape index (κ1) is 17.9. The van der Waals surface area contributed by atoms with E-state index in [-0.39, 0.29) is 0 Å². The quantitative estimate of drug-likeness (QED) is 0.670. The molecule has 2 aromatic heterocycles. The van der Waals surface area contributed by atoms with Crippen LogP contribution in [0.1, 0.15) is 49.4 Å². The van der Waals surface area contributed by atoms with E-state index in [4.69, 9.17) is 0 Å². The van der Waals surface area contributed by atoms with Gasteiger partial charge in [-0.1, -0.05) is 38.1 Å². The number of rotatable bonds is 6. The average molecular weight is 364 g/mol. The molecule has 0 atom stereocenters. The second-order valence-electron chi connectivity index (χ2n) is 7.82. The summed E-state index contributed by atoms with van der Waals surface area (Å²) in [5, 5.41) is 13.0. The molecule has 1 fully saturated rings. The highest BCUT2D eigenvalue weighted by Gasteiger charge is 2.17. The Kier molecular flexibility index (Phi) is 5.07. The van der Waals surface area contributed by atoms with Crippen molar-refractivity contribution in [2.75, 3.05) is 25.0 Å². The van der Waals surface area contributed by atoms with E-state index in [2.05, 4.69) is 76.3 Å². The first-order valence-electron chi connectivity index (χ1n) is 9.83. The Morgan fingerprint density at radius 2 is 1.85 bits per heavy atom. The molecule has 0 unspecified atom stereocenters. The maximum atomic E-state index is 4.63. The highest BCUT2D eigenvalue weighted by atomic mass is 15.4. The van der Waals surface area contributed by atoms with E-state index < -0.39 is 0 Å². The zero-order valence-corrected chi connectivity index (χ0v) is 16.5. The van der Waals surface area contributed by atoms with E-state index in [1.54, 1.807) is 10.8 Å². The third-order valence-electron chi connectivity index (χ3n) is 5.39. The van der Waals surface area contributed by atoms with Gasteiger partial charge < -0.3 is 4.90 Å². The highest BCUT2D eigenvalue weighted by Crippen LogP contribution is 2.25. The van der Waals surface area contributed by atoms with E-state index in [1.807, 2.05) is 0 Å². The Labute approximate surface area is 160 Å². The van der Waals surface area contributed by atoms with Crippen LogP contribution >= 0.6 is 0 Å². The lowest BCUT2D eigenvalue weighted by atomic mass is 10.1. The summed E-state index contributed by atoms with van der Waals surface area (Å²) in [5.74, 6) is 0.353. The third kappa shape index (κ3) is 3.81. The minimum absolute atomic E-state index is 0.353. The van der Waals surface area contributed by atoms with Crippen LogP contribution in [0.4, 0.5) is 5.69 Å². The molecule has 142 valence electrons. The van der Waals surface area contributed by atoms with Gasteiger partial charge in [-0.2, -0.15) is 9.61 Å².